The molecule has 0 aliphatic heterocycles. The van der Waals surface area contributed by atoms with E-state index in [9.17, 15) is 13.2 Å². The van der Waals surface area contributed by atoms with Crippen LogP contribution in [-0.4, -0.2) is 5.16 Å². The maximum Gasteiger partial charge on any atom is 0.453 e. The van der Waals surface area contributed by atoms with Crippen molar-refractivity contribution in [1.82, 2.24) is 5.16 Å². The average Bonchev–Trinajstić information content (AvgIpc) is 2.60. The van der Waals surface area contributed by atoms with Crippen LogP contribution in [0.1, 0.15) is 5.76 Å². The smallest absolute Gasteiger partial charge is 0.380 e. The summed E-state index contributed by atoms with van der Waals surface area (Å²) in [5, 5.41) is 3.44. The zero-order valence-electron chi connectivity index (χ0n) is 8.55. The molecular formula is C10H5Cl2F3N2O. The van der Waals surface area contributed by atoms with Crippen LogP contribution in [0.15, 0.2) is 22.7 Å². The summed E-state index contributed by atoms with van der Waals surface area (Å²) in [6.07, 6.45) is -4.71. The molecule has 1 aromatic carbocycles. The largest absolute Gasteiger partial charge is 0.453 e. The third-order valence-corrected chi connectivity index (χ3v) is 2.72. The SMILES string of the molecule is Nc1noc(C(F)(F)F)c1-c1ccc(Cl)cc1Cl. The van der Waals surface area contributed by atoms with E-state index in [-0.39, 0.29) is 22.0 Å². The lowest BCUT2D eigenvalue weighted by Gasteiger charge is -2.07. The first-order valence-electron chi connectivity index (χ1n) is 4.58. The third-order valence-electron chi connectivity index (χ3n) is 2.18. The highest BCUT2D eigenvalue weighted by Crippen LogP contribution is 2.42. The Kier molecular flexibility index (Phi) is 3.16. The first kappa shape index (κ1) is 13.0. The summed E-state index contributed by atoms with van der Waals surface area (Å²) < 4.78 is 42.3. The molecule has 3 nitrogen and oxygen atoms in total. The Morgan fingerprint density at radius 3 is 2.44 bits per heavy atom. The predicted molar refractivity (Wildman–Crippen MR) is 61.4 cm³/mol. The Bertz CT molecular complexity index is 595. The number of aromatic nitrogens is 1. The number of alkyl halides is 3. The average molecular weight is 297 g/mol. The number of rotatable bonds is 1. The molecule has 0 radical (unpaired) electrons. The minimum Gasteiger partial charge on any atom is -0.380 e. The fourth-order valence-electron chi connectivity index (χ4n) is 1.45. The Balaban J connectivity index is 2.67. The summed E-state index contributed by atoms with van der Waals surface area (Å²) >= 11 is 11.5. The van der Waals surface area contributed by atoms with Gasteiger partial charge in [0.15, 0.2) is 5.82 Å². The van der Waals surface area contributed by atoms with Gasteiger partial charge in [0.1, 0.15) is 0 Å². The Labute approximate surface area is 109 Å². The molecule has 0 atom stereocenters. The van der Waals surface area contributed by atoms with Gasteiger partial charge in [0.25, 0.3) is 5.76 Å². The van der Waals surface area contributed by atoms with Gasteiger partial charge in [0, 0.05) is 10.6 Å². The fourth-order valence-corrected chi connectivity index (χ4v) is 1.95. The Hall–Kier alpha value is -1.40. The van der Waals surface area contributed by atoms with Gasteiger partial charge in [-0.05, 0) is 12.1 Å². The van der Waals surface area contributed by atoms with Gasteiger partial charge in [0.05, 0.1) is 10.6 Å². The highest BCUT2D eigenvalue weighted by atomic mass is 35.5. The molecule has 0 amide bonds. The molecule has 0 aliphatic carbocycles. The van der Waals surface area contributed by atoms with E-state index in [1.165, 1.54) is 18.2 Å². The molecule has 0 aliphatic rings. The maximum atomic E-state index is 12.7. The van der Waals surface area contributed by atoms with Crippen LogP contribution in [-0.2, 0) is 6.18 Å². The number of hydrogen-bond acceptors (Lipinski definition) is 3. The van der Waals surface area contributed by atoms with E-state index in [4.69, 9.17) is 28.9 Å². The standard InChI is InChI=1S/C10H5Cl2F3N2O/c11-4-1-2-5(6(12)3-4)7-8(10(13,14)15)18-17-9(7)16/h1-3H,(H2,16,17). The summed E-state index contributed by atoms with van der Waals surface area (Å²) in [7, 11) is 0. The van der Waals surface area contributed by atoms with E-state index >= 15 is 0 Å². The van der Waals surface area contributed by atoms with Crippen molar-refractivity contribution in [2.24, 2.45) is 0 Å². The molecular weight excluding hydrogens is 292 g/mol. The van der Waals surface area contributed by atoms with E-state index in [0.29, 0.717) is 5.02 Å². The second-order valence-electron chi connectivity index (χ2n) is 3.39. The Morgan fingerprint density at radius 1 is 1.22 bits per heavy atom. The van der Waals surface area contributed by atoms with Gasteiger partial charge >= 0.3 is 6.18 Å². The number of nitrogens with two attached hydrogens (primary N) is 1. The van der Waals surface area contributed by atoms with Crippen LogP contribution >= 0.6 is 23.2 Å². The number of halogens is 5. The summed E-state index contributed by atoms with van der Waals surface area (Å²) in [5.74, 6) is -1.67. The van der Waals surface area contributed by atoms with Gasteiger partial charge in [0.2, 0.25) is 0 Å². The molecule has 0 bridgehead atoms. The fraction of sp³-hybridized carbons (Fsp3) is 0.100. The highest BCUT2D eigenvalue weighted by Gasteiger charge is 2.40. The van der Waals surface area contributed by atoms with E-state index in [1.54, 1.807) is 0 Å². The minimum atomic E-state index is -4.71. The summed E-state index contributed by atoms with van der Waals surface area (Å²) in [6, 6.07) is 4.03. The monoisotopic (exact) mass is 296 g/mol. The van der Waals surface area contributed by atoms with Crippen molar-refractivity contribution in [2.75, 3.05) is 5.73 Å². The first-order valence-corrected chi connectivity index (χ1v) is 5.34. The summed E-state index contributed by atoms with van der Waals surface area (Å²) in [6.45, 7) is 0. The van der Waals surface area contributed by atoms with Crippen LogP contribution in [0.4, 0.5) is 19.0 Å². The summed E-state index contributed by atoms with van der Waals surface area (Å²) in [5.41, 5.74) is 5.06. The van der Waals surface area contributed by atoms with Gasteiger partial charge in [-0.1, -0.05) is 34.4 Å². The maximum absolute atomic E-state index is 12.7. The van der Waals surface area contributed by atoms with Crippen LogP contribution in [0.3, 0.4) is 0 Å². The van der Waals surface area contributed by atoms with E-state index in [0.717, 1.165) is 0 Å². The molecule has 1 heterocycles. The number of nitrogens with zero attached hydrogens (tertiary/aromatic N) is 1. The van der Waals surface area contributed by atoms with E-state index in [1.807, 2.05) is 0 Å². The van der Waals surface area contributed by atoms with E-state index in [2.05, 4.69) is 9.68 Å². The van der Waals surface area contributed by atoms with Crippen LogP contribution in [0.5, 0.6) is 0 Å². The second kappa shape index (κ2) is 4.37. The molecule has 0 unspecified atom stereocenters. The van der Waals surface area contributed by atoms with Crippen molar-refractivity contribution in [3.63, 3.8) is 0 Å². The van der Waals surface area contributed by atoms with Crippen molar-refractivity contribution >= 4 is 29.0 Å². The van der Waals surface area contributed by atoms with Crippen molar-refractivity contribution in [2.45, 2.75) is 6.18 Å². The molecule has 1 aromatic heterocycles. The lowest BCUT2D eigenvalue weighted by molar-refractivity contribution is -0.154. The zero-order chi connectivity index (χ0) is 13.5. The summed E-state index contributed by atoms with van der Waals surface area (Å²) in [4.78, 5) is 0. The van der Waals surface area contributed by atoms with Gasteiger partial charge in [-0.25, -0.2) is 0 Å². The van der Waals surface area contributed by atoms with E-state index < -0.39 is 11.9 Å². The van der Waals surface area contributed by atoms with Gasteiger partial charge < -0.3 is 10.3 Å². The van der Waals surface area contributed by atoms with Gasteiger partial charge in [-0.2, -0.15) is 13.2 Å². The molecule has 8 heteroatoms. The van der Waals surface area contributed by atoms with Gasteiger partial charge in [-0.3, -0.25) is 0 Å². The molecule has 0 spiro atoms. The topological polar surface area (TPSA) is 52.0 Å². The lowest BCUT2D eigenvalue weighted by atomic mass is 10.1. The normalized spacial score (nSPS) is 11.8. The van der Waals surface area contributed by atoms with Crippen molar-refractivity contribution in [3.8, 4) is 11.1 Å². The van der Waals surface area contributed by atoms with Gasteiger partial charge in [-0.15, -0.1) is 0 Å². The molecule has 18 heavy (non-hydrogen) atoms. The molecule has 0 saturated heterocycles. The lowest BCUT2D eigenvalue weighted by Crippen LogP contribution is -2.05. The van der Waals surface area contributed by atoms with Crippen LogP contribution in [0.25, 0.3) is 11.1 Å². The van der Waals surface area contributed by atoms with Crippen LogP contribution in [0.2, 0.25) is 10.0 Å². The van der Waals surface area contributed by atoms with Crippen LogP contribution in [0, 0.1) is 0 Å². The van der Waals surface area contributed by atoms with Crippen molar-refractivity contribution in [3.05, 3.63) is 34.0 Å². The number of anilines is 1. The molecule has 2 rings (SSSR count). The Morgan fingerprint density at radius 2 is 1.89 bits per heavy atom. The number of hydrogen-bond donors (Lipinski definition) is 1. The van der Waals surface area contributed by atoms with Crippen molar-refractivity contribution in [1.29, 1.82) is 0 Å². The minimum absolute atomic E-state index is 0.0305. The molecule has 0 fully saturated rings. The molecule has 96 valence electrons. The molecule has 2 N–H and O–H groups in total. The number of nitrogen functional groups attached to an aromatic ring is 1. The predicted octanol–water partition coefficient (Wildman–Crippen LogP) is 4.25. The number of benzene rings is 1. The van der Waals surface area contributed by atoms with Crippen molar-refractivity contribution < 1.29 is 17.7 Å². The quantitative estimate of drug-likeness (QED) is 0.856. The molecule has 2 aromatic rings. The molecule has 0 saturated carbocycles. The zero-order valence-corrected chi connectivity index (χ0v) is 10.1. The second-order valence-corrected chi connectivity index (χ2v) is 4.24. The van der Waals surface area contributed by atoms with Crippen LogP contribution < -0.4 is 5.73 Å². The third kappa shape index (κ3) is 2.26. The highest BCUT2D eigenvalue weighted by molar-refractivity contribution is 6.36. The first-order chi connectivity index (χ1) is 8.30.